The number of hydrogen-bond donors (Lipinski definition) is 0. The Morgan fingerprint density at radius 2 is 0.773 bits per heavy atom. The van der Waals surface area contributed by atoms with Gasteiger partial charge in [0.2, 0.25) is 0 Å². The second kappa shape index (κ2) is 21.8. The van der Waals surface area contributed by atoms with Crippen molar-refractivity contribution in [3.05, 3.63) is 52.2 Å². The first-order valence-electron chi connectivity index (χ1n) is 19.6. The third kappa shape index (κ3) is 10.9. The summed E-state index contributed by atoms with van der Waals surface area (Å²) in [6.07, 6.45) is 32.6. The van der Waals surface area contributed by atoms with Gasteiger partial charge in [0, 0.05) is 16.5 Å². The zero-order valence-electron chi connectivity index (χ0n) is 29.9. The maximum Gasteiger partial charge on any atom is 0.0789 e. The Bertz CT molecular complexity index is 1200. The van der Waals surface area contributed by atoms with Crippen molar-refractivity contribution in [3.8, 4) is 0 Å². The maximum atomic E-state index is 5.76. The summed E-state index contributed by atoms with van der Waals surface area (Å²) in [5.41, 5.74) is 9.55. The van der Waals surface area contributed by atoms with Gasteiger partial charge in [-0.1, -0.05) is 155 Å². The monoisotopic (exact) mass is 600 g/mol. The number of unbranched alkanes of at least 4 members (excludes halogenated alkanes) is 15. The van der Waals surface area contributed by atoms with E-state index in [1.807, 2.05) is 0 Å². The molecule has 0 amide bonds. The van der Waals surface area contributed by atoms with Crippen LogP contribution in [-0.4, -0.2) is 4.98 Å². The fourth-order valence-corrected chi connectivity index (χ4v) is 7.49. The molecule has 3 aromatic rings. The fraction of sp³-hybridized carbons (Fsp3) is 0.698. The third-order valence-corrected chi connectivity index (χ3v) is 10.1. The van der Waals surface area contributed by atoms with E-state index in [4.69, 9.17) is 4.98 Å². The molecular weight excluding hydrogens is 530 g/mol. The van der Waals surface area contributed by atoms with E-state index >= 15 is 0 Å². The van der Waals surface area contributed by atoms with E-state index in [0.717, 1.165) is 6.42 Å². The molecule has 0 radical (unpaired) electrons. The standard InChI is InChI=1S/C43H69N/c1-6-11-16-21-28-35-36-29-26-27-33-40(36)43-42(38(35)31-23-18-13-8-3)39(32-24-19-14-9-4)37(30-22-17-12-7-2)41(44-43)34-25-20-15-10-5/h26-27,29,33H,6-25,28,30-32,34H2,1-5H3. The normalized spacial score (nSPS) is 11.8. The highest BCUT2D eigenvalue weighted by molar-refractivity contribution is 6.10. The van der Waals surface area contributed by atoms with Crippen LogP contribution in [-0.2, 0) is 32.1 Å². The molecule has 1 heteroatoms. The van der Waals surface area contributed by atoms with E-state index in [-0.39, 0.29) is 0 Å². The maximum absolute atomic E-state index is 5.76. The van der Waals surface area contributed by atoms with Crippen molar-refractivity contribution in [1.82, 2.24) is 4.98 Å². The quantitative estimate of drug-likeness (QED) is 0.0697. The van der Waals surface area contributed by atoms with E-state index in [9.17, 15) is 0 Å². The van der Waals surface area contributed by atoms with Gasteiger partial charge in [0.1, 0.15) is 0 Å². The molecule has 246 valence electrons. The van der Waals surface area contributed by atoms with Crippen LogP contribution in [0.2, 0.25) is 0 Å². The zero-order chi connectivity index (χ0) is 31.4. The van der Waals surface area contributed by atoms with Gasteiger partial charge in [-0.15, -0.1) is 0 Å². The number of pyridine rings is 1. The molecule has 0 atom stereocenters. The largest absolute Gasteiger partial charge is 0.252 e. The summed E-state index contributed by atoms with van der Waals surface area (Å²) in [6.45, 7) is 11.7. The highest BCUT2D eigenvalue weighted by atomic mass is 14.7. The number of aromatic nitrogens is 1. The van der Waals surface area contributed by atoms with Crippen LogP contribution >= 0.6 is 0 Å². The van der Waals surface area contributed by atoms with E-state index < -0.39 is 0 Å². The predicted molar refractivity (Wildman–Crippen MR) is 198 cm³/mol. The average molecular weight is 600 g/mol. The van der Waals surface area contributed by atoms with Crippen molar-refractivity contribution in [1.29, 1.82) is 0 Å². The van der Waals surface area contributed by atoms with Gasteiger partial charge in [0.25, 0.3) is 0 Å². The van der Waals surface area contributed by atoms with Crippen molar-refractivity contribution in [2.75, 3.05) is 0 Å². The van der Waals surface area contributed by atoms with Crippen molar-refractivity contribution >= 4 is 21.7 Å². The minimum absolute atomic E-state index is 1.15. The highest BCUT2D eigenvalue weighted by Crippen LogP contribution is 2.39. The molecule has 0 saturated carbocycles. The third-order valence-electron chi connectivity index (χ3n) is 10.1. The molecule has 0 spiro atoms. The van der Waals surface area contributed by atoms with Gasteiger partial charge >= 0.3 is 0 Å². The Balaban J connectivity index is 2.29. The Morgan fingerprint density at radius 1 is 0.386 bits per heavy atom. The van der Waals surface area contributed by atoms with Crippen LogP contribution < -0.4 is 0 Å². The molecular formula is C43H69N. The molecule has 0 aliphatic rings. The Hall–Kier alpha value is -1.89. The smallest absolute Gasteiger partial charge is 0.0789 e. The molecule has 0 unspecified atom stereocenters. The molecule has 1 heterocycles. The van der Waals surface area contributed by atoms with Crippen LogP contribution in [0.25, 0.3) is 21.7 Å². The van der Waals surface area contributed by atoms with Crippen LogP contribution in [0.15, 0.2) is 24.3 Å². The van der Waals surface area contributed by atoms with Gasteiger partial charge in [-0.05, 0) is 91.8 Å². The Labute approximate surface area is 273 Å². The Kier molecular flexibility index (Phi) is 18.1. The molecule has 1 aromatic heterocycles. The first kappa shape index (κ1) is 36.6. The lowest BCUT2D eigenvalue weighted by molar-refractivity contribution is 0.635. The lowest BCUT2D eigenvalue weighted by Gasteiger charge is -2.24. The summed E-state index contributed by atoms with van der Waals surface area (Å²) in [5, 5.41) is 4.52. The first-order chi connectivity index (χ1) is 21.7. The first-order valence-corrected chi connectivity index (χ1v) is 19.6. The van der Waals surface area contributed by atoms with Crippen molar-refractivity contribution in [3.63, 3.8) is 0 Å². The number of hydrogen-bond acceptors (Lipinski definition) is 1. The summed E-state index contributed by atoms with van der Waals surface area (Å²) >= 11 is 0. The van der Waals surface area contributed by atoms with Crippen molar-refractivity contribution in [2.45, 2.75) is 195 Å². The van der Waals surface area contributed by atoms with Crippen LogP contribution in [0.3, 0.4) is 0 Å². The van der Waals surface area contributed by atoms with E-state index in [1.165, 1.54) is 176 Å². The lowest BCUT2D eigenvalue weighted by atomic mass is 9.83. The van der Waals surface area contributed by atoms with Gasteiger partial charge in [-0.3, -0.25) is 4.98 Å². The summed E-state index contributed by atoms with van der Waals surface area (Å²) in [5.74, 6) is 0. The minimum atomic E-state index is 1.15. The van der Waals surface area contributed by atoms with Crippen molar-refractivity contribution in [2.24, 2.45) is 0 Å². The molecule has 3 rings (SSSR count). The van der Waals surface area contributed by atoms with Crippen LogP contribution in [0.4, 0.5) is 0 Å². The number of rotatable bonds is 25. The van der Waals surface area contributed by atoms with E-state index in [2.05, 4.69) is 58.9 Å². The summed E-state index contributed by atoms with van der Waals surface area (Å²) in [6, 6.07) is 9.39. The van der Waals surface area contributed by atoms with Gasteiger partial charge in [0.15, 0.2) is 0 Å². The molecule has 0 bridgehead atoms. The van der Waals surface area contributed by atoms with Crippen LogP contribution in [0.1, 0.15) is 191 Å². The molecule has 0 saturated heterocycles. The molecule has 44 heavy (non-hydrogen) atoms. The molecule has 0 aliphatic carbocycles. The summed E-state index contributed by atoms with van der Waals surface area (Å²) < 4.78 is 0. The van der Waals surface area contributed by atoms with E-state index in [0.29, 0.717) is 0 Å². The van der Waals surface area contributed by atoms with Gasteiger partial charge in [-0.25, -0.2) is 0 Å². The van der Waals surface area contributed by atoms with Gasteiger partial charge in [0.05, 0.1) is 5.52 Å². The van der Waals surface area contributed by atoms with Gasteiger partial charge < -0.3 is 0 Å². The average Bonchev–Trinajstić information content (AvgIpc) is 3.04. The molecule has 2 aromatic carbocycles. The van der Waals surface area contributed by atoms with Crippen molar-refractivity contribution < 1.29 is 0 Å². The number of aryl methyl sites for hydroxylation is 4. The van der Waals surface area contributed by atoms with Gasteiger partial charge in [-0.2, -0.15) is 0 Å². The fourth-order valence-electron chi connectivity index (χ4n) is 7.49. The summed E-state index contributed by atoms with van der Waals surface area (Å²) in [4.78, 5) is 5.76. The predicted octanol–water partition coefficient (Wildman–Crippen LogP) is 14.0. The highest BCUT2D eigenvalue weighted by Gasteiger charge is 2.22. The second-order valence-electron chi connectivity index (χ2n) is 13.8. The Morgan fingerprint density at radius 3 is 1.25 bits per heavy atom. The molecule has 0 fully saturated rings. The SMILES string of the molecule is CCCCCCc1nc2c(c(CCCCCC)c1CCCCCC)c(CCCCCC)c(CCCCCC)c1ccccc12. The van der Waals surface area contributed by atoms with Crippen LogP contribution in [0, 0.1) is 0 Å². The van der Waals surface area contributed by atoms with Crippen LogP contribution in [0.5, 0.6) is 0 Å². The van der Waals surface area contributed by atoms with E-state index in [1.54, 1.807) is 27.6 Å². The zero-order valence-corrected chi connectivity index (χ0v) is 29.9. The minimum Gasteiger partial charge on any atom is -0.252 e. The summed E-state index contributed by atoms with van der Waals surface area (Å²) in [7, 11) is 0. The topological polar surface area (TPSA) is 12.9 Å². The molecule has 0 N–H and O–H groups in total. The number of nitrogens with zero attached hydrogens (tertiary/aromatic N) is 1. The molecule has 1 nitrogen and oxygen atoms in total. The number of fused-ring (bicyclic) bond motifs is 3. The number of benzene rings is 2. The molecule has 0 aliphatic heterocycles. The lowest BCUT2D eigenvalue weighted by Crippen LogP contribution is -2.10. The second-order valence-corrected chi connectivity index (χ2v) is 13.8.